The molecule has 0 fully saturated rings. The van der Waals surface area contributed by atoms with E-state index in [-0.39, 0.29) is 0 Å². The van der Waals surface area contributed by atoms with Crippen molar-refractivity contribution >= 4 is 5.96 Å². The van der Waals surface area contributed by atoms with Gasteiger partial charge < -0.3 is 15.4 Å². The molecule has 0 amide bonds. The van der Waals surface area contributed by atoms with E-state index in [0.29, 0.717) is 6.54 Å². The van der Waals surface area contributed by atoms with Crippen molar-refractivity contribution in [1.82, 2.24) is 25.8 Å². The number of nitrogens with one attached hydrogen (secondary N) is 3. The summed E-state index contributed by atoms with van der Waals surface area (Å²) in [5.41, 5.74) is 3.37. The lowest BCUT2D eigenvalue weighted by Gasteiger charge is -2.12. The van der Waals surface area contributed by atoms with E-state index in [1.165, 1.54) is 11.9 Å². The first-order valence-corrected chi connectivity index (χ1v) is 9.38. The summed E-state index contributed by atoms with van der Waals surface area (Å²) in [7, 11) is 1.68. The van der Waals surface area contributed by atoms with Crippen molar-refractivity contribution in [3.05, 3.63) is 66.0 Å². The predicted octanol–water partition coefficient (Wildman–Crippen LogP) is 2.78. The van der Waals surface area contributed by atoms with Crippen LogP contribution >= 0.6 is 0 Å². The number of rotatable bonds is 8. The van der Waals surface area contributed by atoms with E-state index in [4.69, 9.17) is 9.73 Å². The molecule has 2 aromatic carbocycles. The van der Waals surface area contributed by atoms with Crippen molar-refractivity contribution in [2.24, 2.45) is 4.99 Å². The number of guanidine groups is 1. The normalized spacial score (nSPS) is 11.3. The highest BCUT2D eigenvalue weighted by Gasteiger charge is 2.03. The number of hydrogen-bond donors (Lipinski definition) is 3. The monoisotopic (exact) mass is 378 g/mol. The third-order valence-corrected chi connectivity index (χ3v) is 4.24. The zero-order valence-electron chi connectivity index (χ0n) is 16.3. The Bertz CT molecular complexity index is 874. The van der Waals surface area contributed by atoms with Gasteiger partial charge in [-0.15, -0.1) is 0 Å². The second kappa shape index (κ2) is 10.1. The van der Waals surface area contributed by atoms with Crippen LogP contribution < -0.4 is 15.4 Å². The molecule has 0 aliphatic heterocycles. The van der Waals surface area contributed by atoms with Gasteiger partial charge in [0.25, 0.3) is 0 Å². The highest BCUT2D eigenvalue weighted by molar-refractivity contribution is 5.79. The summed E-state index contributed by atoms with van der Waals surface area (Å²) >= 11 is 0. The van der Waals surface area contributed by atoms with Gasteiger partial charge in [0, 0.05) is 18.7 Å². The number of aromatic amines is 1. The minimum atomic E-state index is 0.583. The van der Waals surface area contributed by atoms with Crippen LogP contribution in [-0.2, 0) is 13.0 Å². The lowest BCUT2D eigenvalue weighted by atomic mass is 10.1. The van der Waals surface area contributed by atoms with Crippen molar-refractivity contribution in [2.75, 3.05) is 20.2 Å². The van der Waals surface area contributed by atoms with Gasteiger partial charge in [-0.1, -0.05) is 30.3 Å². The molecule has 0 bridgehead atoms. The number of nitrogens with zero attached hydrogens (tertiary/aromatic N) is 3. The van der Waals surface area contributed by atoms with Crippen LogP contribution in [0.15, 0.2) is 59.9 Å². The molecule has 0 aliphatic carbocycles. The SMILES string of the molecule is CCNC(=NCc1cccc(-c2ncn[nH]2)c1)NCCc1ccc(OC)cc1. The van der Waals surface area contributed by atoms with E-state index in [9.17, 15) is 0 Å². The van der Waals surface area contributed by atoms with Gasteiger partial charge in [0.1, 0.15) is 12.1 Å². The largest absolute Gasteiger partial charge is 0.497 e. The maximum Gasteiger partial charge on any atom is 0.191 e. The van der Waals surface area contributed by atoms with Crippen molar-refractivity contribution < 1.29 is 4.74 Å². The first-order valence-electron chi connectivity index (χ1n) is 9.38. The number of aromatic nitrogens is 3. The van der Waals surface area contributed by atoms with Gasteiger partial charge >= 0.3 is 0 Å². The van der Waals surface area contributed by atoms with Crippen molar-refractivity contribution in [2.45, 2.75) is 19.9 Å². The van der Waals surface area contributed by atoms with Crippen LogP contribution in [0.3, 0.4) is 0 Å². The average molecular weight is 378 g/mol. The molecule has 0 aliphatic rings. The van der Waals surface area contributed by atoms with E-state index in [0.717, 1.165) is 48.2 Å². The van der Waals surface area contributed by atoms with Gasteiger partial charge in [-0.05, 0) is 42.7 Å². The molecule has 0 saturated carbocycles. The summed E-state index contributed by atoms with van der Waals surface area (Å²) in [4.78, 5) is 8.89. The number of aliphatic imine (C=N–C) groups is 1. The highest BCUT2D eigenvalue weighted by atomic mass is 16.5. The summed E-state index contributed by atoms with van der Waals surface area (Å²) in [5.74, 6) is 2.44. The smallest absolute Gasteiger partial charge is 0.191 e. The van der Waals surface area contributed by atoms with Gasteiger partial charge in [0.2, 0.25) is 0 Å². The summed E-state index contributed by atoms with van der Waals surface area (Å²) in [6, 6.07) is 16.3. The quantitative estimate of drug-likeness (QED) is 0.414. The fourth-order valence-corrected chi connectivity index (χ4v) is 2.79. The lowest BCUT2D eigenvalue weighted by Crippen LogP contribution is -2.38. The minimum Gasteiger partial charge on any atom is -0.497 e. The zero-order valence-corrected chi connectivity index (χ0v) is 16.3. The van der Waals surface area contributed by atoms with E-state index in [1.54, 1.807) is 7.11 Å². The molecule has 28 heavy (non-hydrogen) atoms. The lowest BCUT2D eigenvalue weighted by molar-refractivity contribution is 0.414. The van der Waals surface area contributed by atoms with Crippen LogP contribution in [-0.4, -0.2) is 41.3 Å². The van der Waals surface area contributed by atoms with Crippen LogP contribution in [0.2, 0.25) is 0 Å². The molecule has 146 valence electrons. The Morgan fingerprint density at radius 3 is 2.68 bits per heavy atom. The summed E-state index contributed by atoms with van der Waals surface area (Å²) in [6.45, 7) is 4.26. The van der Waals surface area contributed by atoms with Crippen LogP contribution in [0.25, 0.3) is 11.4 Å². The Hall–Kier alpha value is -3.35. The minimum absolute atomic E-state index is 0.583. The second-order valence-corrected chi connectivity index (χ2v) is 6.25. The number of H-pyrrole nitrogens is 1. The molecule has 0 atom stereocenters. The molecule has 0 unspecified atom stereocenters. The summed E-state index contributed by atoms with van der Waals surface area (Å²) < 4.78 is 5.20. The van der Waals surface area contributed by atoms with Crippen LogP contribution in [0, 0.1) is 0 Å². The maximum absolute atomic E-state index is 5.20. The Morgan fingerprint density at radius 1 is 1.11 bits per heavy atom. The van der Waals surface area contributed by atoms with Crippen molar-refractivity contribution in [3.63, 3.8) is 0 Å². The zero-order chi connectivity index (χ0) is 19.6. The average Bonchev–Trinajstić information content (AvgIpc) is 3.28. The maximum atomic E-state index is 5.20. The van der Waals surface area contributed by atoms with Crippen LogP contribution in [0.4, 0.5) is 0 Å². The fourth-order valence-electron chi connectivity index (χ4n) is 2.79. The summed E-state index contributed by atoms with van der Waals surface area (Å²) in [6.07, 6.45) is 2.42. The van der Waals surface area contributed by atoms with Crippen LogP contribution in [0.5, 0.6) is 5.75 Å². The van der Waals surface area contributed by atoms with Gasteiger partial charge in [0.15, 0.2) is 11.8 Å². The molecule has 3 rings (SSSR count). The topological polar surface area (TPSA) is 87.2 Å². The third kappa shape index (κ3) is 5.57. The highest BCUT2D eigenvalue weighted by Crippen LogP contribution is 2.16. The first kappa shape index (κ1) is 19.4. The van der Waals surface area contributed by atoms with E-state index in [2.05, 4.69) is 57.0 Å². The standard InChI is InChI=1S/C21H26N6O/c1-3-22-21(23-12-11-16-7-9-19(28-2)10-8-16)24-14-17-5-4-6-18(13-17)20-25-15-26-27-20/h4-10,13,15H,3,11-12,14H2,1-2H3,(H2,22,23,24)(H,25,26,27). The van der Waals surface area contributed by atoms with E-state index >= 15 is 0 Å². The van der Waals surface area contributed by atoms with Gasteiger partial charge in [-0.3, -0.25) is 5.10 Å². The van der Waals surface area contributed by atoms with E-state index in [1.807, 2.05) is 24.3 Å². The van der Waals surface area contributed by atoms with Crippen molar-refractivity contribution in [1.29, 1.82) is 0 Å². The van der Waals surface area contributed by atoms with Crippen LogP contribution in [0.1, 0.15) is 18.1 Å². The second-order valence-electron chi connectivity index (χ2n) is 6.25. The van der Waals surface area contributed by atoms with Gasteiger partial charge in [0.05, 0.1) is 13.7 Å². The van der Waals surface area contributed by atoms with E-state index < -0.39 is 0 Å². The Labute approximate surface area is 165 Å². The van der Waals surface area contributed by atoms with Gasteiger partial charge in [-0.25, -0.2) is 9.98 Å². The molecule has 1 aromatic heterocycles. The molecule has 3 aromatic rings. The Kier molecular flexibility index (Phi) is 7.01. The molecule has 0 radical (unpaired) electrons. The number of benzene rings is 2. The first-order chi connectivity index (χ1) is 13.8. The Morgan fingerprint density at radius 2 is 1.96 bits per heavy atom. The molecule has 0 saturated heterocycles. The predicted molar refractivity (Wildman–Crippen MR) is 111 cm³/mol. The van der Waals surface area contributed by atoms with Crippen molar-refractivity contribution in [3.8, 4) is 17.1 Å². The third-order valence-electron chi connectivity index (χ3n) is 4.24. The Balaban J connectivity index is 1.57. The molecule has 3 N–H and O–H groups in total. The number of ether oxygens (including phenoxy) is 1. The molecular weight excluding hydrogens is 352 g/mol. The van der Waals surface area contributed by atoms with Gasteiger partial charge in [-0.2, -0.15) is 5.10 Å². The number of methoxy groups -OCH3 is 1. The molecular formula is C21H26N6O. The summed E-state index contributed by atoms with van der Waals surface area (Å²) in [5, 5.41) is 13.5. The fraction of sp³-hybridized carbons (Fsp3) is 0.286. The molecule has 1 heterocycles. The molecule has 7 heteroatoms. The molecule has 7 nitrogen and oxygen atoms in total. The molecule has 0 spiro atoms. The number of hydrogen-bond acceptors (Lipinski definition) is 4.